The van der Waals surface area contributed by atoms with E-state index in [9.17, 15) is 9.59 Å². The van der Waals surface area contributed by atoms with Crippen LogP contribution in [0.15, 0.2) is 12.4 Å². The van der Waals surface area contributed by atoms with E-state index in [0.717, 1.165) is 18.7 Å². The molecule has 1 unspecified atom stereocenters. The van der Waals surface area contributed by atoms with Crippen molar-refractivity contribution in [2.75, 3.05) is 19.7 Å². The van der Waals surface area contributed by atoms with E-state index in [4.69, 9.17) is 4.74 Å². The molecule has 2 fully saturated rings. The molecule has 23 heavy (non-hydrogen) atoms. The van der Waals surface area contributed by atoms with Crippen LogP contribution in [0.3, 0.4) is 0 Å². The predicted molar refractivity (Wildman–Crippen MR) is 85.1 cm³/mol. The van der Waals surface area contributed by atoms with Crippen molar-refractivity contribution >= 4 is 11.7 Å². The van der Waals surface area contributed by atoms with Crippen LogP contribution in [0.2, 0.25) is 0 Å². The number of aryl methyl sites for hydroxylation is 1. The normalized spacial score (nSPS) is 24.8. The number of ether oxygens (including phenoxy) is 1. The van der Waals surface area contributed by atoms with Crippen LogP contribution in [0.4, 0.5) is 0 Å². The number of piperidine rings is 1. The van der Waals surface area contributed by atoms with Crippen LogP contribution >= 0.6 is 0 Å². The van der Waals surface area contributed by atoms with Crippen LogP contribution < -0.4 is 0 Å². The van der Waals surface area contributed by atoms with Gasteiger partial charge in [-0.05, 0) is 12.8 Å². The Bertz CT molecular complexity index is 588. The Morgan fingerprint density at radius 1 is 1.43 bits per heavy atom. The predicted octanol–water partition coefficient (Wildman–Crippen LogP) is 1.75. The van der Waals surface area contributed by atoms with Crippen molar-refractivity contribution in [3.8, 4) is 0 Å². The molecule has 0 saturated carbocycles. The van der Waals surface area contributed by atoms with Crippen LogP contribution in [0.5, 0.6) is 0 Å². The van der Waals surface area contributed by atoms with Crippen molar-refractivity contribution in [2.24, 2.45) is 0 Å². The van der Waals surface area contributed by atoms with Gasteiger partial charge in [0.2, 0.25) is 5.91 Å². The van der Waals surface area contributed by atoms with Gasteiger partial charge in [-0.1, -0.05) is 13.8 Å². The van der Waals surface area contributed by atoms with Crippen molar-refractivity contribution < 1.29 is 14.3 Å². The average molecular weight is 319 g/mol. The van der Waals surface area contributed by atoms with Crippen LogP contribution in [-0.4, -0.2) is 51.4 Å². The van der Waals surface area contributed by atoms with Gasteiger partial charge in [0.15, 0.2) is 5.78 Å². The zero-order valence-electron chi connectivity index (χ0n) is 14.0. The summed E-state index contributed by atoms with van der Waals surface area (Å²) in [5.41, 5.74) is -0.591. The van der Waals surface area contributed by atoms with E-state index >= 15 is 0 Å². The minimum Gasteiger partial charge on any atom is -0.367 e. The van der Waals surface area contributed by atoms with Crippen molar-refractivity contribution in [3.05, 3.63) is 18.2 Å². The molecule has 2 saturated heterocycles. The Morgan fingerprint density at radius 3 is 2.91 bits per heavy atom. The molecule has 3 heterocycles. The standard InChI is InChI=1S/C17H25N3O3/c1-13(2)16-18-7-10-19(16)8-4-15(22)20-9-6-17(14(21)12-20)5-3-11-23-17/h7,10,13H,3-6,8-9,11-12H2,1-2H3. The molecule has 126 valence electrons. The number of likely N-dealkylation sites (tertiary alicyclic amines) is 1. The van der Waals surface area contributed by atoms with Gasteiger partial charge in [-0.3, -0.25) is 9.59 Å². The summed E-state index contributed by atoms with van der Waals surface area (Å²) in [7, 11) is 0. The fourth-order valence-electron chi connectivity index (χ4n) is 3.56. The molecular formula is C17H25N3O3. The maximum atomic E-state index is 12.4. The third-order valence-electron chi connectivity index (χ3n) is 4.91. The molecule has 0 bridgehead atoms. The van der Waals surface area contributed by atoms with Crippen LogP contribution in [0, 0.1) is 0 Å². The summed E-state index contributed by atoms with van der Waals surface area (Å²) in [5, 5.41) is 0. The minimum atomic E-state index is -0.591. The smallest absolute Gasteiger partial charge is 0.224 e. The topological polar surface area (TPSA) is 64.4 Å². The fraction of sp³-hybridized carbons (Fsp3) is 0.706. The third-order valence-corrected chi connectivity index (χ3v) is 4.91. The molecule has 0 radical (unpaired) electrons. The number of carbonyl (C=O) groups excluding carboxylic acids is 2. The number of ketones is 1. The Balaban J connectivity index is 1.55. The van der Waals surface area contributed by atoms with Crippen molar-refractivity contribution in [1.82, 2.24) is 14.5 Å². The molecule has 1 amide bonds. The molecule has 2 aliphatic heterocycles. The fourth-order valence-corrected chi connectivity index (χ4v) is 3.56. The van der Waals surface area contributed by atoms with Gasteiger partial charge in [0.25, 0.3) is 0 Å². The lowest BCUT2D eigenvalue weighted by Crippen LogP contribution is -2.53. The second-order valence-electron chi connectivity index (χ2n) is 6.82. The van der Waals surface area contributed by atoms with E-state index in [-0.39, 0.29) is 18.2 Å². The highest BCUT2D eigenvalue weighted by molar-refractivity contribution is 5.93. The quantitative estimate of drug-likeness (QED) is 0.848. The summed E-state index contributed by atoms with van der Waals surface area (Å²) in [5.74, 6) is 1.43. The Hall–Kier alpha value is -1.69. The van der Waals surface area contributed by atoms with Gasteiger partial charge < -0.3 is 14.2 Å². The van der Waals surface area contributed by atoms with E-state index in [1.165, 1.54) is 0 Å². The van der Waals surface area contributed by atoms with Gasteiger partial charge in [0, 0.05) is 50.8 Å². The minimum absolute atomic E-state index is 0.0367. The van der Waals surface area contributed by atoms with E-state index in [0.29, 0.717) is 38.5 Å². The second-order valence-corrected chi connectivity index (χ2v) is 6.82. The maximum Gasteiger partial charge on any atom is 0.224 e. The van der Waals surface area contributed by atoms with Crippen molar-refractivity contribution in [1.29, 1.82) is 0 Å². The van der Waals surface area contributed by atoms with Gasteiger partial charge in [0.1, 0.15) is 11.4 Å². The van der Waals surface area contributed by atoms with Gasteiger partial charge in [-0.15, -0.1) is 0 Å². The summed E-state index contributed by atoms with van der Waals surface area (Å²) in [4.78, 5) is 30.8. The number of nitrogens with zero attached hydrogens (tertiary/aromatic N) is 3. The lowest BCUT2D eigenvalue weighted by molar-refractivity contribution is -0.152. The molecule has 6 heteroatoms. The first-order valence-electron chi connectivity index (χ1n) is 8.48. The SMILES string of the molecule is CC(C)c1nccn1CCC(=O)N1CCC2(CCCO2)C(=O)C1. The zero-order chi connectivity index (χ0) is 16.4. The number of aromatic nitrogens is 2. The van der Waals surface area contributed by atoms with Gasteiger partial charge >= 0.3 is 0 Å². The maximum absolute atomic E-state index is 12.4. The molecule has 1 aromatic rings. The first-order chi connectivity index (χ1) is 11.0. The largest absolute Gasteiger partial charge is 0.367 e. The molecule has 1 aromatic heterocycles. The van der Waals surface area contributed by atoms with Crippen LogP contribution in [0.1, 0.15) is 51.3 Å². The second kappa shape index (κ2) is 6.43. The van der Waals surface area contributed by atoms with Gasteiger partial charge in [-0.2, -0.15) is 0 Å². The number of amides is 1. The van der Waals surface area contributed by atoms with Crippen LogP contribution in [0.25, 0.3) is 0 Å². The van der Waals surface area contributed by atoms with Gasteiger partial charge in [-0.25, -0.2) is 4.98 Å². The highest BCUT2D eigenvalue weighted by Gasteiger charge is 2.46. The van der Waals surface area contributed by atoms with E-state index in [2.05, 4.69) is 18.8 Å². The highest BCUT2D eigenvalue weighted by Crippen LogP contribution is 2.33. The average Bonchev–Trinajstić information content (AvgIpc) is 3.17. The number of imidazole rings is 1. The van der Waals surface area contributed by atoms with E-state index in [1.807, 2.05) is 10.8 Å². The molecule has 6 nitrogen and oxygen atoms in total. The number of rotatable bonds is 4. The number of carbonyl (C=O) groups is 2. The summed E-state index contributed by atoms with van der Waals surface area (Å²) in [6.45, 7) is 6.26. The lowest BCUT2D eigenvalue weighted by atomic mass is 9.87. The molecule has 1 spiro atoms. The molecule has 1 atom stereocenters. The third kappa shape index (κ3) is 3.17. The van der Waals surface area contributed by atoms with E-state index < -0.39 is 5.60 Å². The first-order valence-corrected chi connectivity index (χ1v) is 8.48. The summed E-state index contributed by atoms with van der Waals surface area (Å²) >= 11 is 0. The number of hydrogen-bond acceptors (Lipinski definition) is 4. The lowest BCUT2D eigenvalue weighted by Gasteiger charge is -2.37. The Morgan fingerprint density at radius 2 is 2.26 bits per heavy atom. The Labute approximate surface area is 136 Å². The molecule has 2 aliphatic rings. The monoisotopic (exact) mass is 319 g/mol. The summed E-state index contributed by atoms with van der Waals surface area (Å²) in [6, 6.07) is 0. The van der Waals surface area contributed by atoms with Crippen molar-refractivity contribution in [3.63, 3.8) is 0 Å². The van der Waals surface area contributed by atoms with Crippen LogP contribution in [-0.2, 0) is 20.9 Å². The van der Waals surface area contributed by atoms with Crippen molar-refractivity contribution in [2.45, 2.75) is 57.6 Å². The highest BCUT2D eigenvalue weighted by atomic mass is 16.5. The molecule has 0 aliphatic carbocycles. The van der Waals surface area contributed by atoms with Gasteiger partial charge in [0.05, 0.1) is 6.54 Å². The molecule has 3 rings (SSSR count). The molecular weight excluding hydrogens is 294 g/mol. The Kier molecular flexibility index (Phi) is 4.53. The summed E-state index contributed by atoms with van der Waals surface area (Å²) in [6.07, 6.45) is 6.47. The summed E-state index contributed by atoms with van der Waals surface area (Å²) < 4.78 is 7.71. The number of hydrogen-bond donors (Lipinski definition) is 0. The molecule has 0 aromatic carbocycles. The number of Topliss-reactive ketones (excluding diaryl/α,β-unsaturated/α-hetero) is 1. The first kappa shape index (κ1) is 16.2. The zero-order valence-corrected chi connectivity index (χ0v) is 14.0. The van der Waals surface area contributed by atoms with E-state index in [1.54, 1.807) is 11.1 Å². The molecule has 0 N–H and O–H groups in total.